The minimum absolute atomic E-state index is 0.0852. The zero-order valence-electron chi connectivity index (χ0n) is 10.7. The van der Waals surface area contributed by atoms with Crippen LogP contribution in [0.5, 0.6) is 0 Å². The van der Waals surface area contributed by atoms with Crippen LogP contribution >= 0.6 is 0 Å². The molecule has 20 heavy (non-hydrogen) atoms. The van der Waals surface area contributed by atoms with Gasteiger partial charge in [-0.1, -0.05) is 0 Å². The summed E-state index contributed by atoms with van der Waals surface area (Å²) < 4.78 is 8.74. The van der Waals surface area contributed by atoms with Gasteiger partial charge in [-0.15, -0.1) is 0 Å². The van der Waals surface area contributed by atoms with Crippen LogP contribution < -0.4 is 20.8 Å². The number of rotatable bonds is 6. The van der Waals surface area contributed by atoms with Gasteiger partial charge in [0.25, 0.3) is 0 Å². The first-order chi connectivity index (χ1) is 9.33. The molecule has 0 radical (unpaired) electrons. The fraction of sp³-hybridized carbons (Fsp3) is 0.400. The minimum atomic E-state index is -2.06. The predicted octanol–water partition coefficient (Wildman–Crippen LogP) is -2.81. The summed E-state index contributed by atoms with van der Waals surface area (Å²) in [5.41, 5.74) is -2.45. The first-order valence-electron chi connectivity index (χ1n) is 5.37. The van der Waals surface area contributed by atoms with Crippen LogP contribution in [0.4, 0.5) is 9.59 Å². The molecule has 0 aromatic heterocycles. The second kappa shape index (κ2) is 8.34. The number of hydrogen-bond donors (Lipinski definition) is 2. The maximum Gasteiger partial charge on any atom is 0.411 e. The topological polar surface area (TPSA) is 157 Å². The fourth-order valence-electron chi connectivity index (χ4n) is 0.970. The van der Waals surface area contributed by atoms with Crippen molar-refractivity contribution in [2.45, 2.75) is 13.8 Å². The van der Waals surface area contributed by atoms with Crippen molar-refractivity contribution in [1.29, 1.82) is 0 Å². The Morgan fingerprint density at radius 3 is 1.30 bits per heavy atom. The van der Waals surface area contributed by atoms with E-state index >= 15 is 0 Å². The lowest BCUT2D eigenvalue weighted by Gasteiger charge is -2.18. The third-order valence-electron chi connectivity index (χ3n) is 1.66. The number of carbonyl (C=O) groups excluding carboxylic acids is 4. The fourth-order valence-corrected chi connectivity index (χ4v) is 0.970. The van der Waals surface area contributed by atoms with Gasteiger partial charge in [0.15, 0.2) is 0 Å². The van der Waals surface area contributed by atoms with Crippen molar-refractivity contribution in [1.82, 2.24) is 10.6 Å². The second-order valence-corrected chi connectivity index (χ2v) is 3.02. The summed E-state index contributed by atoms with van der Waals surface area (Å²) >= 11 is 0. The summed E-state index contributed by atoms with van der Waals surface area (Å²) in [5, 5.41) is 24.8. The molecule has 0 aromatic carbocycles. The van der Waals surface area contributed by atoms with Crippen LogP contribution in [0, 0.1) is 0 Å². The molecule has 0 bridgehead atoms. The Bertz CT molecular complexity index is 403. The van der Waals surface area contributed by atoms with E-state index in [0.29, 0.717) is 0 Å². The molecule has 112 valence electrons. The summed E-state index contributed by atoms with van der Waals surface area (Å²) in [5.74, 6) is -4.12. The average Bonchev–Trinajstić information content (AvgIpc) is 2.33. The van der Waals surface area contributed by atoms with Crippen LogP contribution in [0.1, 0.15) is 13.8 Å². The van der Waals surface area contributed by atoms with Crippen molar-refractivity contribution < 1.29 is 38.9 Å². The molecule has 0 unspecified atom stereocenters. The molecule has 0 aromatic rings. The normalized spacial score (nSPS) is 10.9. The summed E-state index contributed by atoms with van der Waals surface area (Å²) in [4.78, 5) is 43.8. The highest BCUT2D eigenvalue weighted by Crippen LogP contribution is 1.99. The Morgan fingerprint density at radius 2 is 1.10 bits per heavy atom. The number of alkyl carbamates (subject to hydrolysis) is 2. The van der Waals surface area contributed by atoms with Gasteiger partial charge < -0.3 is 29.3 Å². The van der Waals surface area contributed by atoms with Crippen LogP contribution in [0.25, 0.3) is 0 Å². The SMILES string of the molecule is CCOC(=O)N/C(C(=O)[O-])=C(/NC(=O)OCC)C(=O)[O-]. The van der Waals surface area contributed by atoms with Gasteiger partial charge in [0, 0.05) is 0 Å². The molecule has 2 amide bonds. The number of carboxylic acids is 2. The first kappa shape index (κ1) is 17.2. The molecular weight excluding hydrogens is 276 g/mol. The lowest BCUT2D eigenvalue weighted by Crippen LogP contribution is -2.45. The first-order valence-corrected chi connectivity index (χ1v) is 5.37. The Hall–Kier alpha value is -2.78. The lowest BCUT2D eigenvalue weighted by molar-refractivity contribution is -0.304. The van der Waals surface area contributed by atoms with Gasteiger partial charge >= 0.3 is 12.2 Å². The van der Waals surface area contributed by atoms with Gasteiger partial charge in [0.2, 0.25) is 0 Å². The maximum atomic E-state index is 11.1. The second-order valence-electron chi connectivity index (χ2n) is 3.02. The summed E-state index contributed by atoms with van der Waals surface area (Å²) in [6.45, 7) is 2.72. The molecule has 0 aliphatic heterocycles. The third-order valence-corrected chi connectivity index (χ3v) is 1.66. The molecule has 0 fully saturated rings. The number of carboxylic acid groups (broad SMARTS) is 2. The summed E-state index contributed by atoms with van der Waals surface area (Å²) in [7, 11) is 0. The van der Waals surface area contributed by atoms with Crippen molar-refractivity contribution >= 4 is 24.1 Å². The Balaban J connectivity index is 5.34. The number of nitrogens with one attached hydrogen (secondary N) is 2. The Morgan fingerprint density at radius 1 is 0.800 bits per heavy atom. The van der Waals surface area contributed by atoms with Crippen molar-refractivity contribution in [3.63, 3.8) is 0 Å². The van der Waals surface area contributed by atoms with Gasteiger partial charge in [-0.3, -0.25) is 10.6 Å². The zero-order valence-corrected chi connectivity index (χ0v) is 10.7. The van der Waals surface area contributed by atoms with Crippen molar-refractivity contribution in [2.75, 3.05) is 13.2 Å². The van der Waals surface area contributed by atoms with E-state index in [1.165, 1.54) is 13.8 Å². The van der Waals surface area contributed by atoms with E-state index < -0.39 is 35.5 Å². The van der Waals surface area contributed by atoms with Gasteiger partial charge in [0.05, 0.1) is 36.5 Å². The lowest BCUT2D eigenvalue weighted by atomic mass is 10.3. The molecule has 10 nitrogen and oxygen atoms in total. The van der Waals surface area contributed by atoms with Crippen molar-refractivity contribution in [3.8, 4) is 0 Å². The largest absolute Gasteiger partial charge is 0.543 e. The monoisotopic (exact) mass is 288 g/mol. The van der Waals surface area contributed by atoms with E-state index in [0.717, 1.165) is 0 Å². The average molecular weight is 288 g/mol. The van der Waals surface area contributed by atoms with Gasteiger partial charge in [0.1, 0.15) is 0 Å². The molecule has 0 saturated heterocycles. The van der Waals surface area contributed by atoms with Gasteiger partial charge in [-0.25, -0.2) is 9.59 Å². The number of aliphatic carboxylic acids is 2. The molecular formula is C10H12N2O8-2. The van der Waals surface area contributed by atoms with E-state index in [9.17, 15) is 29.4 Å². The van der Waals surface area contributed by atoms with Crippen LogP contribution in [-0.2, 0) is 19.1 Å². The highest BCUT2D eigenvalue weighted by Gasteiger charge is 2.16. The smallest absolute Gasteiger partial charge is 0.411 e. The van der Waals surface area contributed by atoms with E-state index in [-0.39, 0.29) is 13.2 Å². The van der Waals surface area contributed by atoms with Gasteiger partial charge in [-0.05, 0) is 13.8 Å². The predicted molar refractivity (Wildman–Crippen MR) is 57.4 cm³/mol. The quantitative estimate of drug-likeness (QED) is 0.496. The molecule has 0 saturated carbocycles. The van der Waals surface area contributed by atoms with E-state index in [4.69, 9.17) is 0 Å². The number of ether oxygens (including phenoxy) is 2. The molecule has 0 rings (SSSR count). The molecule has 2 N–H and O–H groups in total. The molecule has 0 aliphatic rings. The molecule has 10 heteroatoms. The van der Waals surface area contributed by atoms with E-state index in [2.05, 4.69) is 9.47 Å². The molecule has 0 heterocycles. The highest BCUT2D eigenvalue weighted by atomic mass is 16.6. The van der Waals surface area contributed by atoms with Crippen LogP contribution in [-0.4, -0.2) is 37.3 Å². The van der Waals surface area contributed by atoms with Crippen LogP contribution in [0.3, 0.4) is 0 Å². The Labute approximate surface area is 113 Å². The van der Waals surface area contributed by atoms with Crippen molar-refractivity contribution in [2.24, 2.45) is 0 Å². The number of carbonyl (C=O) groups is 4. The minimum Gasteiger partial charge on any atom is -0.543 e. The van der Waals surface area contributed by atoms with Crippen molar-refractivity contribution in [3.05, 3.63) is 11.4 Å². The van der Waals surface area contributed by atoms with Crippen LogP contribution in [0.2, 0.25) is 0 Å². The molecule has 0 atom stereocenters. The number of hydrogen-bond acceptors (Lipinski definition) is 8. The standard InChI is InChI=1S/C10H14N2O8/c1-3-19-9(17)11-5(7(13)14)6(8(15)16)12-10(18)20-4-2/h3-4H2,1-2H3,(H,11,17)(H,12,18)(H,13,14)(H,15,16)/p-2/b6-5+. The molecule has 0 aliphatic carbocycles. The van der Waals surface area contributed by atoms with E-state index in [1.54, 1.807) is 10.6 Å². The van der Waals surface area contributed by atoms with Crippen LogP contribution in [0.15, 0.2) is 11.4 Å². The number of amides is 2. The summed E-state index contributed by atoms with van der Waals surface area (Å²) in [6, 6.07) is 0. The Kier molecular flexibility index (Phi) is 7.18. The highest BCUT2D eigenvalue weighted by molar-refractivity contribution is 6.00. The maximum absolute atomic E-state index is 11.1. The zero-order chi connectivity index (χ0) is 15.7. The summed E-state index contributed by atoms with van der Waals surface area (Å²) in [6.07, 6.45) is -2.48. The molecule has 0 spiro atoms. The third kappa shape index (κ3) is 5.71. The van der Waals surface area contributed by atoms with Gasteiger partial charge in [-0.2, -0.15) is 0 Å². The van der Waals surface area contributed by atoms with E-state index in [1.807, 2.05) is 0 Å².